The van der Waals surface area contributed by atoms with Crippen LogP contribution in [0.25, 0.3) is 0 Å². The summed E-state index contributed by atoms with van der Waals surface area (Å²) in [6, 6.07) is 28.4. The normalized spacial score (nSPS) is 13.8. The summed E-state index contributed by atoms with van der Waals surface area (Å²) in [5, 5.41) is 24.5. The highest BCUT2D eigenvalue weighted by Gasteiger charge is 2.25. The number of rotatable bonds is 12. The number of carbonyl (C=O) groups is 1. The molecule has 0 saturated heterocycles. The molecule has 6 nitrogen and oxygen atoms in total. The first-order valence-corrected chi connectivity index (χ1v) is 11.1. The Bertz CT molecular complexity index is 954. The van der Waals surface area contributed by atoms with E-state index in [1.807, 2.05) is 91.0 Å². The monoisotopic (exact) mass is 448 g/mol. The summed E-state index contributed by atoms with van der Waals surface area (Å²) < 4.78 is 5.55. The van der Waals surface area contributed by atoms with Crippen molar-refractivity contribution in [2.75, 3.05) is 6.54 Å². The Morgan fingerprint density at radius 2 is 1.36 bits per heavy atom. The molecule has 0 fully saturated rings. The van der Waals surface area contributed by atoms with Gasteiger partial charge in [0.2, 0.25) is 12.3 Å². The number of aliphatic hydroxyl groups excluding tert-OH is 2. The average Bonchev–Trinajstić information content (AvgIpc) is 2.84. The SMILES string of the molecule is CC(=O)N(Cc1ccccc1)CC(O)C(Cc1ccccc1)NC(O)OCc1ccccc1. The van der Waals surface area contributed by atoms with Crippen LogP contribution >= 0.6 is 0 Å². The van der Waals surface area contributed by atoms with Crippen LogP contribution < -0.4 is 5.32 Å². The van der Waals surface area contributed by atoms with Gasteiger partial charge in [0.25, 0.3) is 0 Å². The van der Waals surface area contributed by atoms with E-state index < -0.39 is 18.6 Å². The molecule has 174 valence electrons. The van der Waals surface area contributed by atoms with E-state index in [1.54, 1.807) is 4.90 Å². The molecule has 3 unspecified atom stereocenters. The standard InChI is InChI=1S/C27H32N2O4/c1-21(30)29(18-23-13-7-3-8-14-23)19-26(31)25(17-22-11-5-2-6-12-22)28-27(32)33-20-24-15-9-4-10-16-24/h2-16,25-28,31-32H,17-20H2,1H3. The highest BCUT2D eigenvalue weighted by Crippen LogP contribution is 2.12. The van der Waals surface area contributed by atoms with Crippen LogP contribution in [0.3, 0.4) is 0 Å². The van der Waals surface area contributed by atoms with Gasteiger partial charge in [0, 0.05) is 26.1 Å². The number of amides is 1. The van der Waals surface area contributed by atoms with E-state index in [0.717, 1.165) is 16.7 Å². The number of benzene rings is 3. The summed E-state index contributed by atoms with van der Waals surface area (Å²) in [7, 11) is 0. The Labute approximate surface area is 195 Å². The van der Waals surface area contributed by atoms with Gasteiger partial charge in [0.05, 0.1) is 12.7 Å². The number of hydrogen-bond donors (Lipinski definition) is 3. The predicted molar refractivity (Wildman–Crippen MR) is 128 cm³/mol. The highest BCUT2D eigenvalue weighted by molar-refractivity contribution is 5.73. The third-order valence-electron chi connectivity index (χ3n) is 5.44. The molecule has 1 amide bonds. The van der Waals surface area contributed by atoms with Crippen molar-refractivity contribution < 1.29 is 19.7 Å². The molecule has 3 aromatic carbocycles. The zero-order valence-corrected chi connectivity index (χ0v) is 18.9. The average molecular weight is 449 g/mol. The summed E-state index contributed by atoms with van der Waals surface area (Å²) in [6.45, 7) is 2.25. The van der Waals surface area contributed by atoms with E-state index in [1.165, 1.54) is 6.92 Å². The van der Waals surface area contributed by atoms with Gasteiger partial charge in [0.1, 0.15) is 0 Å². The van der Waals surface area contributed by atoms with Crippen molar-refractivity contribution >= 4 is 5.91 Å². The van der Waals surface area contributed by atoms with E-state index in [2.05, 4.69) is 5.32 Å². The second-order valence-corrected chi connectivity index (χ2v) is 8.06. The molecular formula is C27H32N2O4. The lowest BCUT2D eigenvalue weighted by atomic mass is 10.0. The molecule has 6 heteroatoms. The maximum atomic E-state index is 12.3. The van der Waals surface area contributed by atoms with Gasteiger partial charge in [-0.1, -0.05) is 91.0 Å². The van der Waals surface area contributed by atoms with Gasteiger partial charge in [-0.2, -0.15) is 0 Å². The number of hydrogen-bond acceptors (Lipinski definition) is 5. The van der Waals surface area contributed by atoms with E-state index in [-0.39, 0.29) is 19.1 Å². The van der Waals surface area contributed by atoms with E-state index in [0.29, 0.717) is 13.0 Å². The molecule has 3 rings (SSSR count). The van der Waals surface area contributed by atoms with Crippen molar-refractivity contribution in [2.24, 2.45) is 0 Å². The summed E-state index contributed by atoms with van der Waals surface area (Å²) in [4.78, 5) is 13.9. The summed E-state index contributed by atoms with van der Waals surface area (Å²) in [6.07, 6.45) is -1.73. The molecule has 0 spiro atoms. The van der Waals surface area contributed by atoms with Crippen LogP contribution in [0.5, 0.6) is 0 Å². The first-order chi connectivity index (χ1) is 16.0. The molecule has 3 atom stereocenters. The lowest BCUT2D eigenvalue weighted by Gasteiger charge is -2.31. The van der Waals surface area contributed by atoms with Crippen molar-refractivity contribution in [1.29, 1.82) is 0 Å². The summed E-state index contributed by atoms with van der Waals surface area (Å²) in [5.41, 5.74) is 2.92. The van der Waals surface area contributed by atoms with Gasteiger partial charge in [-0.15, -0.1) is 0 Å². The minimum atomic E-state index is -1.27. The third kappa shape index (κ3) is 8.44. The third-order valence-corrected chi connectivity index (χ3v) is 5.44. The second-order valence-electron chi connectivity index (χ2n) is 8.06. The maximum absolute atomic E-state index is 12.3. The predicted octanol–water partition coefficient (Wildman–Crippen LogP) is 3.09. The van der Waals surface area contributed by atoms with Gasteiger partial charge < -0.3 is 19.8 Å². The molecule has 0 aliphatic carbocycles. The summed E-state index contributed by atoms with van der Waals surface area (Å²) in [5.74, 6) is -0.128. The molecule has 3 aromatic rings. The van der Waals surface area contributed by atoms with Crippen molar-refractivity contribution in [3.63, 3.8) is 0 Å². The van der Waals surface area contributed by atoms with Crippen LogP contribution in [0.15, 0.2) is 91.0 Å². The number of ether oxygens (including phenoxy) is 1. The fourth-order valence-electron chi connectivity index (χ4n) is 3.62. The Balaban J connectivity index is 1.66. The van der Waals surface area contributed by atoms with Crippen LogP contribution in [0.1, 0.15) is 23.6 Å². The van der Waals surface area contributed by atoms with Crippen molar-refractivity contribution in [3.8, 4) is 0 Å². The van der Waals surface area contributed by atoms with Crippen molar-refractivity contribution in [1.82, 2.24) is 10.2 Å². The van der Waals surface area contributed by atoms with Crippen molar-refractivity contribution in [2.45, 2.75) is 45.1 Å². The Kier molecular flexibility index (Phi) is 9.59. The quantitative estimate of drug-likeness (QED) is 0.371. The lowest BCUT2D eigenvalue weighted by molar-refractivity contribution is -0.142. The molecule has 0 aliphatic heterocycles. The van der Waals surface area contributed by atoms with Crippen LogP contribution in [-0.4, -0.2) is 46.1 Å². The highest BCUT2D eigenvalue weighted by atomic mass is 16.6. The molecule has 3 N–H and O–H groups in total. The van der Waals surface area contributed by atoms with Gasteiger partial charge >= 0.3 is 0 Å². The van der Waals surface area contributed by atoms with Crippen LogP contribution in [0.2, 0.25) is 0 Å². The van der Waals surface area contributed by atoms with Gasteiger partial charge in [-0.05, 0) is 23.1 Å². The Hall–Kier alpha value is -3.03. The van der Waals surface area contributed by atoms with Crippen LogP contribution in [0.4, 0.5) is 0 Å². The Morgan fingerprint density at radius 3 is 1.91 bits per heavy atom. The largest absolute Gasteiger partial charge is 0.390 e. The first kappa shape index (κ1) is 24.6. The van der Waals surface area contributed by atoms with E-state index in [4.69, 9.17) is 4.74 Å². The minimum absolute atomic E-state index is 0.125. The molecule has 0 aliphatic rings. The number of carbonyl (C=O) groups excluding carboxylic acids is 1. The van der Waals surface area contributed by atoms with Gasteiger partial charge in [0.15, 0.2) is 0 Å². The van der Waals surface area contributed by atoms with E-state index in [9.17, 15) is 15.0 Å². The molecule has 0 radical (unpaired) electrons. The fraction of sp³-hybridized carbons (Fsp3) is 0.296. The zero-order chi connectivity index (χ0) is 23.5. The van der Waals surface area contributed by atoms with E-state index >= 15 is 0 Å². The fourth-order valence-corrected chi connectivity index (χ4v) is 3.62. The summed E-state index contributed by atoms with van der Waals surface area (Å²) >= 11 is 0. The minimum Gasteiger partial charge on any atom is -0.390 e. The van der Waals surface area contributed by atoms with Crippen LogP contribution in [-0.2, 0) is 29.1 Å². The number of aliphatic hydroxyl groups is 2. The second kappa shape index (κ2) is 12.9. The molecule has 33 heavy (non-hydrogen) atoms. The first-order valence-electron chi connectivity index (χ1n) is 11.1. The Morgan fingerprint density at radius 1 is 0.848 bits per heavy atom. The maximum Gasteiger partial charge on any atom is 0.219 e. The number of nitrogens with zero attached hydrogens (tertiary/aromatic N) is 1. The molecule has 0 bridgehead atoms. The smallest absolute Gasteiger partial charge is 0.219 e. The van der Waals surface area contributed by atoms with Gasteiger partial charge in [-0.3, -0.25) is 10.1 Å². The molecule has 0 heterocycles. The number of nitrogens with one attached hydrogen (secondary N) is 1. The van der Waals surface area contributed by atoms with Crippen molar-refractivity contribution in [3.05, 3.63) is 108 Å². The van der Waals surface area contributed by atoms with Gasteiger partial charge in [-0.25, -0.2) is 0 Å². The molecule has 0 saturated carbocycles. The topological polar surface area (TPSA) is 82.0 Å². The zero-order valence-electron chi connectivity index (χ0n) is 18.9. The lowest BCUT2D eigenvalue weighted by Crippen LogP contribution is -2.52. The van der Waals surface area contributed by atoms with Crippen LogP contribution in [0, 0.1) is 0 Å². The molecular weight excluding hydrogens is 416 g/mol. The molecule has 0 aromatic heterocycles.